The van der Waals surface area contributed by atoms with Crippen LogP contribution in [0.2, 0.25) is 5.02 Å². The zero-order valence-corrected chi connectivity index (χ0v) is 12.8. The number of hydrogen-bond acceptors (Lipinski definition) is 4. The Morgan fingerprint density at radius 2 is 2.10 bits per heavy atom. The molecule has 0 aromatic heterocycles. The van der Waals surface area contributed by atoms with Crippen molar-refractivity contribution in [3.05, 3.63) is 23.0 Å². The van der Waals surface area contributed by atoms with Crippen molar-refractivity contribution in [2.75, 3.05) is 25.4 Å². The van der Waals surface area contributed by atoms with Crippen LogP contribution in [0.25, 0.3) is 0 Å². The van der Waals surface area contributed by atoms with Gasteiger partial charge in [0.05, 0.1) is 22.9 Å². The number of rotatable bonds is 2. The van der Waals surface area contributed by atoms with E-state index in [1.54, 1.807) is 13.8 Å². The van der Waals surface area contributed by atoms with Gasteiger partial charge in [-0.2, -0.15) is 4.31 Å². The molecule has 2 N–H and O–H groups in total. The van der Waals surface area contributed by atoms with Crippen LogP contribution < -0.4 is 5.73 Å². The quantitative estimate of drug-likeness (QED) is 0.844. The van der Waals surface area contributed by atoms with Gasteiger partial charge in [-0.1, -0.05) is 11.6 Å². The van der Waals surface area contributed by atoms with Gasteiger partial charge in [-0.3, -0.25) is 0 Å². The molecule has 1 fully saturated rings. The molecule has 0 amide bonds. The van der Waals surface area contributed by atoms with Gasteiger partial charge in [0.2, 0.25) is 10.0 Å². The van der Waals surface area contributed by atoms with Gasteiger partial charge in [0.15, 0.2) is 0 Å². The third-order valence-electron chi connectivity index (χ3n) is 3.06. The van der Waals surface area contributed by atoms with Crippen LogP contribution >= 0.6 is 11.6 Å². The molecule has 0 aliphatic carbocycles. The minimum Gasteiger partial charge on any atom is -0.396 e. The summed E-state index contributed by atoms with van der Waals surface area (Å²) < 4.78 is 45.2. The molecule has 0 saturated carbocycles. The number of ether oxygens (including phenoxy) is 1. The highest BCUT2D eigenvalue weighted by Crippen LogP contribution is 2.30. The molecule has 1 aromatic rings. The van der Waals surface area contributed by atoms with Crippen molar-refractivity contribution in [1.29, 1.82) is 0 Å². The fourth-order valence-corrected chi connectivity index (χ4v) is 4.16. The standard InChI is InChI=1S/C12H16ClFN2O3S/c1-12(2)7-16(3-4-19-12)20(17,18)11-6-10(15)9(14)5-8(11)13/h5-6H,3-4,7,15H2,1-2H3. The molecule has 5 nitrogen and oxygen atoms in total. The van der Waals surface area contributed by atoms with Crippen LogP contribution in [0, 0.1) is 5.82 Å². The van der Waals surface area contributed by atoms with Gasteiger partial charge in [-0.05, 0) is 26.0 Å². The number of sulfonamides is 1. The van der Waals surface area contributed by atoms with Gasteiger partial charge in [-0.15, -0.1) is 0 Å². The predicted octanol–water partition coefficient (Wildman–Crippen LogP) is 1.86. The molecule has 0 radical (unpaired) electrons. The molecule has 8 heteroatoms. The number of nitrogen functional groups attached to an aromatic ring is 1. The molecule has 1 saturated heterocycles. The van der Waals surface area contributed by atoms with E-state index < -0.39 is 21.4 Å². The monoisotopic (exact) mass is 322 g/mol. The lowest BCUT2D eigenvalue weighted by Gasteiger charge is -2.37. The molecule has 1 aromatic carbocycles. The van der Waals surface area contributed by atoms with Crippen molar-refractivity contribution in [3.63, 3.8) is 0 Å². The number of hydrogen-bond donors (Lipinski definition) is 1. The number of nitrogens with two attached hydrogens (primary N) is 1. The van der Waals surface area contributed by atoms with Gasteiger partial charge < -0.3 is 10.5 Å². The van der Waals surface area contributed by atoms with E-state index in [1.165, 1.54) is 4.31 Å². The smallest absolute Gasteiger partial charge is 0.244 e. The van der Waals surface area contributed by atoms with Crippen LogP contribution in [0.15, 0.2) is 17.0 Å². The maximum atomic E-state index is 13.3. The Morgan fingerprint density at radius 3 is 2.70 bits per heavy atom. The maximum absolute atomic E-state index is 13.3. The topological polar surface area (TPSA) is 72.6 Å². The van der Waals surface area contributed by atoms with Gasteiger partial charge in [-0.25, -0.2) is 12.8 Å². The summed E-state index contributed by atoms with van der Waals surface area (Å²) in [6, 6.07) is 1.96. The highest BCUT2D eigenvalue weighted by atomic mass is 35.5. The van der Waals surface area contributed by atoms with E-state index in [2.05, 4.69) is 0 Å². The molecule has 2 rings (SSSR count). The van der Waals surface area contributed by atoms with Crippen LogP contribution in [-0.2, 0) is 14.8 Å². The number of halogens is 2. The van der Waals surface area contributed by atoms with Gasteiger partial charge in [0.1, 0.15) is 10.7 Å². The van der Waals surface area contributed by atoms with E-state index in [-0.39, 0.29) is 28.7 Å². The fourth-order valence-electron chi connectivity index (χ4n) is 2.06. The Kier molecular flexibility index (Phi) is 3.98. The van der Waals surface area contributed by atoms with Crippen molar-refractivity contribution in [2.45, 2.75) is 24.3 Å². The zero-order valence-electron chi connectivity index (χ0n) is 11.2. The van der Waals surface area contributed by atoms with Gasteiger partial charge in [0, 0.05) is 13.1 Å². The molecular weight excluding hydrogens is 307 g/mol. The van der Waals surface area contributed by atoms with E-state index >= 15 is 0 Å². The fraction of sp³-hybridized carbons (Fsp3) is 0.500. The SMILES string of the molecule is CC1(C)CN(S(=O)(=O)c2cc(N)c(F)cc2Cl)CCO1. The van der Waals surface area contributed by atoms with Crippen LogP contribution in [0.4, 0.5) is 10.1 Å². The van der Waals surface area contributed by atoms with E-state index in [4.69, 9.17) is 22.1 Å². The molecular formula is C12H16ClFN2O3S. The van der Waals surface area contributed by atoms with Crippen molar-refractivity contribution < 1.29 is 17.5 Å². The first-order valence-electron chi connectivity index (χ1n) is 6.02. The molecule has 0 bridgehead atoms. The van der Waals surface area contributed by atoms with Crippen molar-refractivity contribution in [2.24, 2.45) is 0 Å². The average Bonchev–Trinajstić information content (AvgIpc) is 2.32. The predicted molar refractivity (Wildman–Crippen MR) is 74.6 cm³/mol. The summed E-state index contributed by atoms with van der Waals surface area (Å²) in [7, 11) is -3.83. The second-order valence-corrected chi connectivity index (χ2v) is 7.56. The minimum absolute atomic E-state index is 0.180. The number of anilines is 1. The lowest BCUT2D eigenvalue weighted by Crippen LogP contribution is -2.50. The Labute approximate surface area is 122 Å². The van der Waals surface area contributed by atoms with Crippen molar-refractivity contribution in [3.8, 4) is 0 Å². The molecule has 0 unspecified atom stereocenters. The molecule has 20 heavy (non-hydrogen) atoms. The molecule has 0 atom stereocenters. The van der Waals surface area contributed by atoms with Crippen molar-refractivity contribution >= 4 is 27.3 Å². The third kappa shape index (κ3) is 2.90. The van der Waals surface area contributed by atoms with Crippen LogP contribution in [0.5, 0.6) is 0 Å². The molecule has 112 valence electrons. The summed E-state index contributed by atoms with van der Waals surface area (Å²) in [6.45, 7) is 4.31. The second-order valence-electron chi connectivity index (χ2n) is 5.25. The van der Waals surface area contributed by atoms with Crippen LogP contribution in [-0.4, -0.2) is 38.0 Å². The summed E-state index contributed by atoms with van der Waals surface area (Å²) in [5, 5.41) is -0.180. The highest BCUT2D eigenvalue weighted by Gasteiger charge is 2.36. The third-order valence-corrected chi connectivity index (χ3v) is 5.37. The van der Waals surface area contributed by atoms with Crippen LogP contribution in [0.1, 0.15) is 13.8 Å². The largest absolute Gasteiger partial charge is 0.396 e. The molecule has 1 aliphatic rings. The average molecular weight is 323 g/mol. The van der Waals surface area contributed by atoms with E-state index in [0.29, 0.717) is 6.61 Å². The maximum Gasteiger partial charge on any atom is 0.244 e. The summed E-state index contributed by atoms with van der Waals surface area (Å²) in [6.07, 6.45) is 0. The molecule has 0 spiro atoms. The summed E-state index contributed by atoms with van der Waals surface area (Å²) in [5.41, 5.74) is 4.60. The molecule has 1 heterocycles. The summed E-state index contributed by atoms with van der Waals surface area (Å²) in [4.78, 5) is -0.184. The Bertz CT molecular complexity index is 634. The second kappa shape index (κ2) is 5.14. The first kappa shape index (κ1) is 15.5. The van der Waals surface area contributed by atoms with E-state index in [1.807, 2.05) is 0 Å². The zero-order chi connectivity index (χ0) is 15.1. The number of nitrogens with zero attached hydrogens (tertiary/aromatic N) is 1. The first-order valence-corrected chi connectivity index (χ1v) is 7.84. The van der Waals surface area contributed by atoms with E-state index in [0.717, 1.165) is 12.1 Å². The lowest BCUT2D eigenvalue weighted by molar-refractivity contribution is -0.0640. The summed E-state index contributed by atoms with van der Waals surface area (Å²) >= 11 is 5.84. The van der Waals surface area contributed by atoms with Gasteiger partial charge >= 0.3 is 0 Å². The normalized spacial score (nSPS) is 20.0. The summed E-state index contributed by atoms with van der Waals surface area (Å²) in [5.74, 6) is -0.740. The van der Waals surface area contributed by atoms with E-state index in [9.17, 15) is 12.8 Å². The Balaban J connectivity index is 2.43. The first-order chi connectivity index (χ1) is 9.13. The minimum atomic E-state index is -3.83. The highest BCUT2D eigenvalue weighted by molar-refractivity contribution is 7.89. The Morgan fingerprint density at radius 1 is 1.45 bits per heavy atom. The Hall–Kier alpha value is -0.890. The van der Waals surface area contributed by atoms with Gasteiger partial charge in [0.25, 0.3) is 0 Å². The lowest BCUT2D eigenvalue weighted by atomic mass is 10.1. The van der Waals surface area contributed by atoms with Crippen molar-refractivity contribution in [1.82, 2.24) is 4.31 Å². The number of benzene rings is 1. The molecule has 1 aliphatic heterocycles. The van der Waals surface area contributed by atoms with Crippen LogP contribution in [0.3, 0.4) is 0 Å². The number of morpholine rings is 1.